The number of benzene rings is 6. The summed E-state index contributed by atoms with van der Waals surface area (Å²) in [5, 5.41) is 9.59. The lowest BCUT2D eigenvalue weighted by Crippen LogP contribution is -2.26. The van der Waals surface area contributed by atoms with Gasteiger partial charge in [0.2, 0.25) is 0 Å². The number of nitrogens with zero attached hydrogens (tertiary/aromatic N) is 6. The van der Waals surface area contributed by atoms with Crippen molar-refractivity contribution in [3.8, 4) is 62.8 Å². The molecule has 0 spiro atoms. The molecule has 1 N–H and O–H groups in total. The van der Waals surface area contributed by atoms with E-state index in [9.17, 15) is 24.3 Å². The SMILES string of the molecule is CC(Cl)(Cl)Cl.COc1ccc2n(c1=O)CCc1ccccc1-2.COc1cccn(CCc2ccccc2Br)c1=O.Clc1nc2ccccc2o1.O=c1c(O)ccc2n1CCc1ccccc1-2.O=c1c(Oc2nc3ccccc3o2)ccc2n1CCc1ccccc1-2. The van der Waals surface area contributed by atoms with Crippen LogP contribution in [-0.2, 0) is 51.9 Å². The fourth-order valence-corrected chi connectivity index (χ4v) is 11.2. The highest BCUT2D eigenvalue weighted by Crippen LogP contribution is 2.33. The number of methoxy groups -OCH3 is 2. The van der Waals surface area contributed by atoms with Gasteiger partial charge in [-0.1, -0.05) is 166 Å². The first-order valence-corrected chi connectivity index (χ1v) is 31.0. The normalized spacial score (nSPS) is 12.0. The number of ether oxygens (including phenoxy) is 3. The van der Waals surface area contributed by atoms with Crippen molar-refractivity contribution >= 4 is 84.5 Å². The average molecular weight is 1370 g/mol. The van der Waals surface area contributed by atoms with Crippen molar-refractivity contribution in [1.82, 2.24) is 28.2 Å². The molecule has 16 nitrogen and oxygen atoms in total. The van der Waals surface area contributed by atoms with Gasteiger partial charge in [0.25, 0.3) is 27.6 Å². The van der Waals surface area contributed by atoms with E-state index in [1.807, 2.05) is 133 Å². The van der Waals surface area contributed by atoms with Gasteiger partial charge < -0.3 is 46.4 Å². The van der Waals surface area contributed by atoms with Crippen LogP contribution in [-0.4, -0.2) is 51.4 Å². The fraction of sp³-hybridized carbons (Fsp3) is 0.171. The predicted molar refractivity (Wildman–Crippen MR) is 362 cm³/mol. The number of aromatic hydroxyl groups is 1. The van der Waals surface area contributed by atoms with E-state index in [4.69, 9.17) is 69.4 Å². The summed E-state index contributed by atoms with van der Waals surface area (Å²) >= 11 is 24.2. The Morgan fingerprint density at radius 3 is 1.48 bits per heavy atom. The molecule has 0 unspecified atom stereocenters. The molecule has 15 rings (SSSR count). The van der Waals surface area contributed by atoms with Crippen LogP contribution < -0.4 is 36.4 Å². The van der Waals surface area contributed by atoms with Gasteiger partial charge in [0.15, 0.2) is 38.0 Å². The third-order valence-corrected chi connectivity index (χ3v) is 15.8. The van der Waals surface area contributed by atoms with E-state index in [0.717, 1.165) is 81.6 Å². The lowest BCUT2D eigenvalue weighted by Gasteiger charge is -2.21. The molecule has 0 amide bonds. The summed E-state index contributed by atoms with van der Waals surface area (Å²) in [6.45, 7) is 4.12. The highest BCUT2D eigenvalue weighted by Gasteiger charge is 2.22. The summed E-state index contributed by atoms with van der Waals surface area (Å²) in [6.07, 6.45) is 5.23. The molecular weight excluding hydrogens is 1310 g/mol. The van der Waals surface area contributed by atoms with Crippen LogP contribution in [0.5, 0.6) is 29.1 Å². The molecule has 0 atom stereocenters. The van der Waals surface area contributed by atoms with Gasteiger partial charge >= 0.3 is 6.08 Å². The predicted octanol–water partition coefficient (Wildman–Crippen LogP) is 15.6. The van der Waals surface area contributed by atoms with Crippen LogP contribution in [0.1, 0.15) is 29.2 Å². The third-order valence-electron chi connectivity index (χ3n) is 14.9. The maximum absolute atomic E-state index is 12.8. The minimum atomic E-state index is -1.08. The van der Waals surface area contributed by atoms with E-state index < -0.39 is 3.79 Å². The number of para-hydroxylation sites is 4. The first kappa shape index (κ1) is 64.9. The monoisotopic (exact) mass is 1360 g/mol. The average Bonchev–Trinajstić information content (AvgIpc) is 2.36. The summed E-state index contributed by atoms with van der Waals surface area (Å²) in [7, 11) is 3.04. The van der Waals surface area contributed by atoms with Crippen LogP contribution >= 0.6 is 62.3 Å². The summed E-state index contributed by atoms with van der Waals surface area (Å²) in [5.74, 6) is 0.829. The zero-order chi connectivity index (χ0) is 64.2. The van der Waals surface area contributed by atoms with E-state index in [0.29, 0.717) is 42.2 Å². The maximum Gasteiger partial charge on any atom is 0.400 e. The van der Waals surface area contributed by atoms with E-state index in [2.05, 4.69) is 56.2 Å². The molecule has 0 radical (unpaired) electrons. The Morgan fingerprint density at radius 1 is 0.516 bits per heavy atom. The zero-order valence-electron chi connectivity index (χ0n) is 49.4. The Kier molecular flexibility index (Phi) is 21.2. The molecule has 464 valence electrons. The Hall–Kier alpha value is -9.10. The molecule has 0 aliphatic carbocycles. The van der Waals surface area contributed by atoms with Crippen molar-refractivity contribution in [2.45, 2.75) is 62.6 Å². The quantitative estimate of drug-likeness (QED) is 0.149. The van der Waals surface area contributed by atoms with Gasteiger partial charge in [0, 0.05) is 53.5 Å². The Labute approximate surface area is 550 Å². The number of aryl methyl sites for hydroxylation is 5. The number of hydrogen-bond donors (Lipinski definition) is 1. The molecule has 9 heterocycles. The van der Waals surface area contributed by atoms with Crippen LogP contribution in [0.4, 0.5) is 0 Å². The van der Waals surface area contributed by atoms with Gasteiger partial charge in [-0.2, -0.15) is 9.97 Å². The van der Waals surface area contributed by atoms with Gasteiger partial charge in [-0.3, -0.25) is 19.2 Å². The van der Waals surface area contributed by atoms with Crippen LogP contribution in [0.3, 0.4) is 0 Å². The lowest BCUT2D eigenvalue weighted by molar-refractivity contribution is 0.337. The molecule has 91 heavy (non-hydrogen) atoms. The molecule has 0 fully saturated rings. The Morgan fingerprint density at radius 2 is 0.956 bits per heavy atom. The van der Waals surface area contributed by atoms with Gasteiger partial charge in [0.05, 0.1) is 31.3 Å². The van der Waals surface area contributed by atoms with Gasteiger partial charge in [-0.05, 0) is 145 Å². The summed E-state index contributed by atoms with van der Waals surface area (Å²) in [4.78, 5) is 56.7. The molecule has 21 heteroatoms. The number of pyridine rings is 4. The van der Waals surface area contributed by atoms with Crippen molar-refractivity contribution in [3.05, 3.63) is 274 Å². The second-order valence-electron chi connectivity index (χ2n) is 20.7. The van der Waals surface area contributed by atoms with Crippen LogP contribution in [0.15, 0.2) is 233 Å². The first-order chi connectivity index (χ1) is 44.0. The van der Waals surface area contributed by atoms with E-state index in [-0.39, 0.29) is 45.2 Å². The van der Waals surface area contributed by atoms with Crippen molar-refractivity contribution in [2.24, 2.45) is 0 Å². The molecule has 6 aromatic heterocycles. The molecule has 0 bridgehead atoms. The number of aromatic nitrogens is 6. The summed E-state index contributed by atoms with van der Waals surface area (Å²) in [6, 6.07) is 61.4. The number of oxazole rings is 2. The Bertz CT molecular complexity index is 4730. The smallest absolute Gasteiger partial charge is 0.400 e. The largest absolute Gasteiger partial charge is 0.503 e. The fourth-order valence-electron chi connectivity index (χ4n) is 10.6. The maximum atomic E-state index is 12.8. The molecule has 0 saturated carbocycles. The van der Waals surface area contributed by atoms with Gasteiger partial charge in [-0.15, -0.1) is 0 Å². The van der Waals surface area contributed by atoms with E-state index in [1.54, 1.807) is 48.7 Å². The second-order valence-corrected chi connectivity index (χ2v) is 24.8. The topological polar surface area (TPSA) is 188 Å². The number of alkyl halides is 3. The minimum absolute atomic E-state index is 0.0421. The van der Waals surface area contributed by atoms with Crippen molar-refractivity contribution < 1.29 is 28.2 Å². The highest BCUT2D eigenvalue weighted by molar-refractivity contribution is 9.10. The molecule has 6 aromatic carbocycles. The van der Waals surface area contributed by atoms with Crippen molar-refractivity contribution in [2.75, 3.05) is 14.2 Å². The summed E-state index contributed by atoms with van der Waals surface area (Å²) in [5.41, 5.74) is 13.4. The van der Waals surface area contributed by atoms with E-state index >= 15 is 0 Å². The molecular formula is C70H59BrCl4N6O10. The van der Waals surface area contributed by atoms with E-state index in [1.165, 1.54) is 49.5 Å². The van der Waals surface area contributed by atoms with Crippen LogP contribution in [0.25, 0.3) is 56.0 Å². The highest BCUT2D eigenvalue weighted by atomic mass is 79.9. The minimum Gasteiger partial charge on any atom is -0.503 e. The third kappa shape index (κ3) is 15.9. The molecule has 3 aliphatic rings. The van der Waals surface area contributed by atoms with Crippen molar-refractivity contribution in [3.63, 3.8) is 0 Å². The number of halogens is 5. The summed E-state index contributed by atoms with van der Waals surface area (Å²) < 4.78 is 33.1. The Balaban J connectivity index is 0.000000125. The molecule has 12 aromatic rings. The van der Waals surface area contributed by atoms with Gasteiger partial charge in [0.1, 0.15) is 11.0 Å². The number of hydrogen-bond acceptors (Lipinski definition) is 12. The lowest BCUT2D eigenvalue weighted by atomic mass is 9.97. The standard InChI is InChI=1S/C20H14N2O3.C14H14BrNO2.C14H13NO2.C13H11NO2.C7H4ClNO.C2H3Cl3/c23-19-18(25-20-21-15-7-3-4-8-17(15)24-20)10-9-16-14-6-2-1-5-13(14)11-12-22(16)19;1-18-13-7-4-9-16(14(13)17)10-8-11-5-2-3-6-12(11)15;1-17-13-7-6-12-11-5-3-2-4-10(11)8-9-15(12)14(13)16;15-12-6-5-11-10-4-2-1-3-9(10)7-8-14(11)13(12)16;8-7-9-5-3-1-2-4-6(5)10-7;1-2(3,4)5/h1-10H,11-12H2;2-7,9H,8,10H2,1H3;2-7H,8-9H2,1H3;1-6,15H,7-8H2;1-4H;1H3. The number of rotatable bonds is 7. The second kappa shape index (κ2) is 29.7. The number of fused-ring (bicyclic) bond motifs is 11. The van der Waals surface area contributed by atoms with Gasteiger partial charge in [-0.25, -0.2) is 0 Å². The zero-order valence-corrected chi connectivity index (χ0v) is 54.0. The first-order valence-electron chi connectivity index (χ1n) is 28.7. The van der Waals surface area contributed by atoms with Crippen LogP contribution in [0, 0.1) is 0 Å². The van der Waals surface area contributed by atoms with Crippen LogP contribution in [0.2, 0.25) is 5.35 Å². The van der Waals surface area contributed by atoms with Crippen molar-refractivity contribution in [1.29, 1.82) is 0 Å². The molecule has 3 aliphatic heterocycles. The molecule has 0 saturated heterocycles.